The first kappa shape index (κ1) is 29.9. The number of furan rings is 2. The summed E-state index contributed by atoms with van der Waals surface area (Å²) < 4.78 is 21.9. The first-order chi connectivity index (χ1) is 27.3. The molecule has 0 aliphatic rings. The van der Waals surface area contributed by atoms with Gasteiger partial charge in [-0.15, -0.1) is 0 Å². The second-order valence-corrected chi connectivity index (χ2v) is 13.9. The highest BCUT2D eigenvalue weighted by atomic mass is 16.4. The van der Waals surface area contributed by atoms with Crippen molar-refractivity contribution in [3.63, 3.8) is 0 Å². The average Bonchev–Trinajstić information content (AvgIpc) is 4.01. The molecule has 55 heavy (non-hydrogen) atoms. The summed E-state index contributed by atoms with van der Waals surface area (Å²) in [7, 11) is 0. The van der Waals surface area contributed by atoms with Gasteiger partial charge in [0.2, 0.25) is 5.89 Å². The van der Waals surface area contributed by atoms with E-state index in [1.54, 1.807) is 0 Å². The topological polar surface area (TPSA) is 60.5 Å². The van der Waals surface area contributed by atoms with Gasteiger partial charge >= 0.3 is 0 Å². The standard InChI is InChI=1S/C49H29N3O3/c1-3-12-30(13-4-1)49-50-38-26-27-43-47(48(38)55-49)37-25-23-33(29-45(37)54-43)51(32-22-24-35-34-16-8-10-21-42(34)53-44(35)28-32)40-19-11-20-41-46(40)36-17-7-9-18-39(36)52(41)31-14-5-2-6-15-31/h1-29H. The molecule has 0 amide bonds. The third-order valence-electron chi connectivity index (χ3n) is 10.8. The Bertz CT molecular complexity index is 3440. The van der Waals surface area contributed by atoms with E-state index in [0.717, 1.165) is 94.1 Å². The first-order valence-electron chi connectivity index (χ1n) is 18.4. The lowest BCUT2D eigenvalue weighted by atomic mass is 10.1. The van der Waals surface area contributed by atoms with Crippen LogP contribution in [-0.2, 0) is 0 Å². The van der Waals surface area contributed by atoms with Crippen LogP contribution >= 0.6 is 0 Å². The van der Waals surface area contributed by atoms with Gasteiger partial charge in [0.1, 0.15) is 27.8 Å². The van der Waals surface area contributed by atoms with E-state index >= 15 is 0 Å². The van der Waals surface area contributed by atoms with Crippen LogP contribution in [0.15, 0.2) is 189 Å². The number of hydrogen-bond acceptors (Lipinski definition) is 5. The van der Waals surface area contributed by atoms with Crippen LogP contribution in [0.3, 0.4) is 0 Å². The van der Waals surface area contributed by atoms with E-state index in [-0.39, 0.29) is 0 Å². The fourth-order valence-corrected chi connectivity index (χ4v) is 8.40. The molecule has 0 spiro atoms. The summed E-state index contributed by atoms with van der Waals surface area (Å²) in [6.45, 7) is 0. The number of fused-ring (bicyclic) bond motifs is 11. The van der Waals surface area contributed by atoms with Crippen molar-refractivity contribution in [3.8, 4) is 17.1 Å². The number of rotatable bonds is 5. The summed E-state index contributed by atoms with van der Waals surface area (Å²) in [6.07, 6.45) is 0. The highest BCUT2D eigenvalue weighted by Gasteiger charge is 2.24. The minimum Gasteiger partial charge on any atom is -0.456 e. The van der Waals surface area contributed by atoms with E-state index in [1.807, 2.05) is 54.6 Å². The second kappa shape index (κ2) is 11.5. The lowest BCUT2D eigenvalue weighted by Crippen LogP contribution is -2.10. The molecular weight excluding hydrogens is 679 g/mol. The summed E-state index contributed by atoms with van der Waals surface area (Å²) in [6, 6.07) is 60.9. The van der Waals surface area contributed by atoms with Crippen LogP contribution in [-0.4, -0.2) is 9.55 Å². The highest BCUT2D eigenvalue weighted by molar-refractivity contribution is 6.19. The molecule has 8 aromatic carbocycles. The summed E-state index contributed by atoms with van der Waals surface area (Å²) in [5, 5.41) is 6.37. The molecule has 6 nitrogen and oxygen atoms in total. The van der Waals surface area contributed by atoms with E-state index in [1.165, 1.54) is 5.39 Å². The Hall–Kier alpha value is -7.57. The Morgan fingerprint density at radius 2 is 1.09 bits per heavy atom. The zero-order chi connectivity index (χ0) is 36.0. The largest absolute Gasteiger partial charge is 0.456 e. The molecule has 258 valence electrons. The molecule has 0 aliphatic carbocycles. The molecule has 0 saturated heterocycles. The van der Waals surface area contributed by atoms with Crippen LogP contribution < -0.4 is 4.90 Å². The van der Waals surface area contributed by atoms with Gasteiger partial charge in [-0.05, 0) is 84.9 Å². The third kappa shape index (κ3) is 4.46. The SMILES string of the molecule is c1ccc(-c2nc3ccc4oc5cc(N(c6ccc7c(c6)oc6ccccc67)c6cccc7c6c6ccccc6n7-c6ccccc6)ccc5c4c3o2)cc1. The molecule has 0 unspecified atom stereocenters. The number of para-hydroxylation sites is 3. The Kier molecular flexibility index (Phi) is 6.24. The Morgan fingerprint density at radius 3 is 1.93 bits per heavy atom. The van der Waals surface area contributed by atoms with Gasteiger partial charge in [-0.1, -0.05) is 78.9 Å². The van der Waals surface area contributed by atoms with Crippen molar-refractivity contribution in [2.45, 2.75) is 0 Å². The summed E-state index contributed by atoms with van der Waals surface area (Å²) in [5.41, 5.74) is 12.0. The van der Waals surface area contributed by atoms with Crippen LogP contribution in [0.1, 0.15) is 0 Å². The molecule has 12 rings (SSSR count). The van der Waals surface area contributed by atoms with E-state index < -0.39 is 0 Å². The van der Waals surface area contributed by atoms with Crippen LogP contribution in [0.5, 0.6) is 0 Å². The number of anilines is 3. The smallest absolute Gasteiger partial charge is 0.227 e. The number of benzene rings is 8. The van der Waals surface area contributed by atoms with Crippen molar-refractivity contribution < 1.29 is 13.3 Å². The van der Waals surface area contributed by atoms with E-state index in [9.17, 15) is 0 Å². The van der Waals surface area contributed by atoms with Crippen LogP contribution in [0.25, 0.3) is 93.9 Å². The molecule has 0 saturated carbocycles. The van der Waals surface area contributed by atoms with Crippen molar-refractivity contribution in [1.29, 1.82) is 0 Å². The molecular formula is C49H29N3O3. The van der Waals surface area contributed by atoms with Gasteiger partial charge in [0, 0.05) is 61.7 Å². The summed E-state index contributed by atoms with van der Waals surface area (Å²) >= 11 is 0. The van der Waals surface area contributed by atoms with Crippen LogP contribution in [0, 0.1) is 0 Å². The Balaban J connectivity index is 1.12. The summed E-state index contributed by atoms with van der Waals surface area (Å²) in [4.78, 5) is 7.16. The van der Waals surface area contributed by atoms with E-state index in [4.69, 9.17) is 18.2 Å². The quantitative estimate of drug-likeness (QED) is 0.178. The third-order valence-corrected chi connectivity index (χ3v) is 10.8. The Morgan fingerprint density at radius 1 is 0.436 bits per heavy atom. The van der Waals surface area contributed by atoms with Crippen molar-refractivity contribution in [1.82, 2.24) is 9.55 Å². The molecule has 0 bridgehead atoms. The zero-order valence-corrected chi connectivity index (χ0v) is 29.3. The average molecular weight is 708 g/mol. The monoisotopic (exact) mass is 707 g/mol. The van der Waals surface area contributed by atoms with Gasteiger partial charge in [0.05, 0.1) is 22.1 Å². The predicted octanol–water partition coefficient (Wildman–Crippen LogP) is 13.9. The molecule has 4 heterocycles. The van der Waals surface area contributed by atoms with E-state index in [0.29, 0.717) is 11.5 Å². The second-order valence-electron chi connectivity index (χ2n) is 13.9. The molecule has 0 radical (unpaired) electrons. The van der Waals surface area contributed by atoms with E-state index in [2.05, 4.69) is 131 Å². The highest BCUT2D eigenvalue weighted by Crippen LogP contribution is 2.46. The molecule has 6 heteroatoms. The van der Waals surface area contributed by atoms with Crippen LogP contribution in [0.4, 0.5) is 17.1 Å². The maximum Gasteiger partial charge on any atom is 0.227 e. The molecule has 0 aliphatic heterocycles. The fourth-order valence-electron chi connectivity index (χ4n) is 8.40. The van der Waals surface area contributed by atoms with Gasteiger partial charge in [-0.25, -0.2) is 4.98 Å². The lowest BCUT2D eigenvalue weighted by Gasteiger charge is -2.26. The minimum atomic E-state index is 0.587. The summed E-state index contributed by atoms with van der Waals surface area (Å²) in [5.74, 6) is 0.587. The van der Waals surface area contributed by atoms with Gasteiger partial charge in [0.15, 0.2) is 5.58 Å². The molecule has 0 N–H and O–H groups in total. The maximum absolute atomic E-state index is 6.63. The van der Waals surface area contributed by atoms with Crippen molar-refractivity contribution in [2.75, 3.05) is 4.90 Å². The lowest BCUT2D eigenvalue weighted by molar-refractivity contribution is 0.622. The molecule has 12 aromatic rings. The maximum atomic E-state index is 6.63. The van der Waals surface area contributed by atoms with Crippen molar-refractivity contribution in [3.05, 3.63) is 176 Å². The predicted molar refractivity (Wildman–Crippen MR) is 223 cm³/mol. The van der Waals surface area contributed by atoms with Crippen molar-refractivity contribution in [2.24, 2.45) is 0 Å². The number of hydrogen-bond donors (Lipinski definition) is 0. The molecule has 0 fully saturated rings. The molecule has 4 aromatic heterocycles. The number of nitrogens with zero attached hydrogens (tertiary/aromatic N) is 3. The number of oxazole rings is 1. The van der Waals surface area contributed by atoms with Crippen molar-refractivity contribution >= 4 is 93.8 Å². The fraction of sp³-hybridized carbons (Fsp3) is 0. The number of aromatic nitrogens is 2. The molecule has 0 atom stereocenters. The first-order valence-corrected chi connectivity index (χ1v) is 18.4. The normalized spacial score (nSPS) is 12.0. The minimum absolute atomic E-state index is 0.587. The Labute approximate surface area is 313 Å². The van der Waals surface area contributed by atoms with Gasteiger partial charge < -0.3 is 22.7 Å². The van der Waals surface area contributed by atoms with Gasteiger partial charge in [-0.2, -0.15) is 0 Å². The van der Waals surface area contributed by atoms with Gasteiger partial charge in [0.25, 0.3) is 0 Å². The van der Waals surface area contributed by atoms with Crippen LogP contribution in [0.2, 0.25) is 0 Å². The van der Waals surface area contributed by atoms with Gasteiger partial charge in [-0.3, -0.25) is 0 Å². The zero-order valence-electron chi connectivity index (χ0n) is 29.3.